The van der Waals surface area contributed by atoms with Crippen molar-refractivity contribution in [1.29, 1.82) is 0 Å². The van der Waals surface area contributed by atoms with E-state index in [4.69, 9.17) is 0 Å². The molecule has 1 aromatic carbocycles. The Kier molecular flexibility index (Phi) is 5.35. The minimum Gasteiger partial charge on any atom is -0.341 e. The number of aryl methyl sites for hydroxylation is 3. The van der Waals surface area contributed by atoms with Gasteiger partial charge in [0.2, 0.25) is 5.91 Å². The van der Waals surface area contributed by atoms with Crippen molar-refractivity contribution in [1.82, 2.24) is 24.6 Å². The summed E-state index contributed by atoms with van der Waals surface area (Å²) in [6.45, 7) is 8.35. The van der Waals surface area contributed by atoms with Gasteiger partial charge in [-0.15, -0.1) is 0 Å². The standard InChI is InChI=1S/C21H25N5O/c1-14-11-15(2)23-21(22-14)26-17(4)19(16(3)24-26)12-20(27)25(5)13-18-9-7-6-8-10-18/h6-11H,12-13H2,1-5H3. The fraction of sp³-hybridized carbons (Fsp3) is 0.333. The molecule has 0 N–H and O–H groups in total. The van der Waals surface area contributed by atoms with E-state index >= 15 is 0 Å². The molecule has 0 bridgehead atoms. The second-order valence-electron chi connectivity index (χ2n) is 6.92. The summed E-state index contributed by atoms with van der Waals surface area (Å²) in [5.74, 6) is 0.607. The quantitative estimate of drug-likeness (QED) is 0.699. The van der Waals surface area contributed by atoms with Gasteiger partial charge in [0.15, 0.2) is 0 Å². The maximum absolute atomic E-state index is 12.7. The van der Waals surface area contributed by atoms with Crippen LogP contribution in [0.4, 0.5) is 0 Å². The Morgan fingerprint density at radius 3 is 2.30 bits per heavy atom. The fourth-order valence-electron chi connectivity index (χ4n) is 3.16. The second kappa shape index (κ2) is 7.70. The predicted molar refractivity (Wildman–Crippen MR) is 105 cm³/mol. The third-order valence-electron chi connectivity index (χ3n) is 4.62. The van der Waals surface area contributed by atoms with Gasteiger partial charge < -0.3 is 4.90 Å². The number of rotatable bonds is 5. The summed E-state index contributed by atoms with van der Waals surface area (Å²) < 4.78 is 1.73. The number of likely N-dealkylation sites (N-methyl/N-ethyl adjacent to an activating group) is 1. The van der Waals surface area contributed by atoms with Gasteiger partial charge in [-0.1, -0.05) is 30.3 Å². The minimum absolute atomic E-state index is 0.0611. The van der Waals surface area contributed by atoms with Crippen LogP contribution >= 0.6 is 0 Å². The largest absolute Gasteiger partial charge is 0.341 e. The van der Waals surface area contributed by atoms with Gasteiger partial charge >= 0.3 is 0 Å². The molecule has 0 aliphatic rings. The zero-order valence-electron chi connectivity index (χ0n) is 16.5. The van der Waals surface area contributed by atoms with Crippen LogP contribution in [0, 0.1) is 27.7 Å². The van der Waals surface area contributed by atoms with Crippen LogP contribution in [-0.2, 0) is 17.8 Å². The molecule has 0 fully saturated rings. The van der Waals surface area contributed by atoms with Gasteiger partial charge in [-0.25, -0.2) is 14.6 Å². The van der Waals surface area contributed by atoms with E-state index < -0.39 is 0 Å². The molecule has 0 saturated carbocycles. The van der Waals surface area contributed by atoms with E-state index in [1.807, 2.05) is 71.1 Å². The first kappa shape index (κ1) is 18.8. The Morgan fingerprint density at radius 2 is 1.67 bits per heavy atom. The number of hydrogen-bond acceptors (Lipinski definition) is 4. The van der Waals surface area contributed by atoms with Crippen molar-refractivity contribution in [3.05, 3.63) is 70.3 Å². The van der Waals surface area contributed by atoms with Gasteiger partial charge in [-0.05, 0) is 39.3 Å². The van der Waals surface area contributed by atoms with E-state index in [0.717, 1.165) is 33.9 Å². The zero-order valence-corrected chi connectivity index (χ0v) is 16.5. The zero-order chi connectivity index (χ0) is 19.6. The van der Waals surface area contributed by atoms with Crippen molar-refractivity contribution in [3.63, 3.8) is 0 Å². The molecule has 0 atom stereocenters. The van der Waals surface area contributed by atoms with Crippen molar-refractivity contribution in [2.75, 3.05) is 7.05 Å². The van der Waals surface area contributed by atoms with Gasteiger partial charge in [0.1, 0.15) is 0 Å². The Labute approximate surface area is 159 Å². The van der Waals surface area contributed by atoms with Crippen molar-refractivity contribution in [2.45, 2.75) is 40.7 Å². The van der Waals surface area contributed by atoms with E-state index in [1.54, 1.807) is 9.58 Å². The lowest BCUT2D eigenvalue weighted by atomic mass is 10.1. The molecule has 3 aromatic rings. The maximum Gasteiger partial charge on any atom is 0.251 e. The van der Waals surface area contributed by atoms with Gasteiger partial charge in [-0.2, -0.15) is 5.10 Å². The van der Waals surface area contributed by atoms with Crippen molar-refractivity contribution >= 4 is 5.91 Å². The molecule has 0 saturated heterocycles. The van der Waals surface area contributed by atoms with Crippen molar-refractivity contribution in [3.8, 4) is 5.95 Å². The summed E-state index contributed by atoms with van der Waals surface area (Å²) >= 11 is 0. The molecular formula is C21H25N5O. The van der Waals surface area contributed by atoms with Crippen LogP contribution in [0.25, 0.3) is 5.95 Å². The summed E-state index contributed by atoms with van der Waals surface area (Å²) in [4.78, 5) is 23.4. The number of carbonyl (C=O) groups excluding carboxylic acids is 1. The van der Waals surface area contributed by atoms with Crippen LogP contribution in [0.1, 0.15) is 33.9 Å². The smallest absolute Gasteiger partial charge is 0.251 e. The van der Waals surface area contributed by atoms with Crippen molar-refractivity contribution < 1.29 is 4.79 Å². The molecule has 6 nitrogen and oxygen atoms in total. The number of aromatic nitrogens is 4. The number of hydrogen-bond donors (Lipinski definition) is 0. The third kappa shape index (κ3) is 4.22. The van der Waals surface area contributed by atoms with E-state index in [9.17, 15) is 4.79 Å². The normalized spacial score (nSPS) is 10.9. The Hall–Kier alpha value is -3.02. The Balaban J connectivity index is 1.81. The van der Waals surface area contributed by atoms with Crippen LogP contribution in [0.15, 0.2) is 36.4 Å². The molecule has 6 heteroatoms. The number of benzene rings is 1. The molecule has 0 spiro atoms. The molecule has 0 unspecified atom stereocenters. The van der Waals surface area contributed by atoms with Gasteiger partial charge in [0.05, 0.1) is 12.1 Å². The van der Waals surface area contributed by atoms with E-state index in [0.29, 0.717) is 18.9 Å². The van der Waals surface area contributed by atoms with Crippen LogP contribution in [0.5, 0.6) is 0 Å². The minimum atomic E-state index is 0.0611. The highest BCUT2D eigenvalue weighted by Gasteiger charge is 2.19. The molecule has 27 heavy (non-hydrogen) atoms. The monoisotopic (exact) mass is 363 g/mol. The highest BCUT2D eigenvalue weighted by Crippen LogP contribution is 2.18. The molecule has 140 valence electrons. The number of carbonyl (C=O) groups is 1. The number of nitrogens with zero attached hydrogens (tertiary/aromatic N) is 5. The molecule has 1 amide bonds. The maximum atomic E-state index is 12.7. The highest BCUT2D eigenvalue weighted by molar-refractivity contribution is 5.79. The summed E-state index contributed by atoms with van der Waals surface area (Å²) in [7, 11) is 1.83. The lowest BCUT2D eigenvalue weighted by molar-refractivity contribution is -0.129. The van der Waals surface area contributed by atoms with Gasteiger partial charge in [-0.3, -0.25) is 4.79 Å². The molecule has 0 aliphatic heterocycles. The second-order valence-corrected chi connectivity index (χ2v) is 6.92. The summed E-state index contributed by atoms with van der Waals surface area (Å²) in [5.41, 5.74) is 5.56. The average molecular weight is 363 g/mol. The Bertz CT molecular complexity index is 942. The summed E-state index contributed by atoms with van der Waals surface area (Å²) in [6, 6.07) is 11.9. The summed E-state index contributed by atoms with van der Waals surface area (Å²) in [6.07, 6.45) is 0.311. The highest BCUT2D eigenvalue weighted by atomic mass is 16.2. The first-order chi connectivity index (χ1) is 12.8. The lowest BCUT2D eigenvalue weighted by Crippen LogP contribution is -2.28. The summed E-state index contributed by atoms with van der Waals surface area (Å²) in [5, 5.41) is 4.58. The third-order valence-corrected chi connectivity index (χ3v) is 4.62. The van der Waals surface area contributed by atoms with E-state index in [2.05, 4.69) is 15.1 Å². The SMILES string of the molecule is Cc1cc(C)nc(-n2nc(C)c(CC(=O)N(C)Cc3ccccc3)c2C)n1. The molecule has 2 heterocycles. The van der Waals surface area contributed by atoms with Gasteiger partial charge in [0.25, 0.3) is 5.95 Å². The molecule has 0 radical (unpaired) electrons. The van der Waals surface area contributed by atoms with Crippen LogP contribution in [-0.4, -0.2) is 37.6 Å². The number of amides is 1. The van der Waals surface area contributed by atoms with Crippen LogP contribution in [0.3, 0.4) is 0 Å². The van der Waals surface area contributed by atoms with Gasteiger partial charge in [0, 0.05) is 36.2 Å². The Morgan fingerprint density at radius 1 is 1.04 bits per heavy atom. The van der Waals surface area contributed by atoms with E-state index in [-0.39, 0.29) is 5.91 Å². The molecule has 2 aromatic heterocycles. The fourth-order valence-corrected chi connectivity index (χ4v) is 3.16. The van der Waals surface area contributed by atoms with Crippen molar-refractivity contribution in [2.24, 2.45) is 0 Å². The van der Waals surface area contributed by atoms with Crippen LogP contribution < -0.4 is 0 Å². The first-order valence-electron chi connectivity index (χ1n) is 9.01. The van der Waals surface area contributed by atoms with Crippen LogP contribution in [0.2, 0.25) is 0 Å². The molecule has 3 rings (SSSR count). The topological polar surface area (TPSA) is 63.9 Å². The predicted octanol–water partition coefficient (Wildman–Crippen LogP) is 3.10. The molecular weight excluding hydrogens is 338 g/mol. The lowest BCUT2D eigenvalue weighted by Gasteiger charge is -2.17. The molecule has 0 aliphatic carbocycles. The first-order valence-corrected chi connectivity index (χ1v) is 9.01. The van der Waals surface area contributed by atoms with E-state index in [1.165, 1.54) is 0 Å². The average Bonchev–Trinajstić information content (AvgIpc) is 2.90.